The van der Waals surface area contributed by atoms with Crippen molar-refractivity contribution in [2.75, 3.05) is 24.5 Å². The number of carbonyl (C=O) groups is 1. The van der Waals surface area contributed by atoms with E-state index in [1.54, 1.807) is 12.1 Å². The minimum Gasteiger partial charge on any atom is -0.674 e. The van der Waals surface area contributed by atoms with Gasteiger partial charge in [0.15, 0.2) is 10.8 Å². The summed E-state index contributed by atoms with van der Waals surface area (Å²) in [5.41, 5.74) is 7.60. The van der Waals surface area contributed by atoms with E-state index in [0.717, 1.165) is 45.5 Å². The number of aromatic amines is 1. The van der Waals surface area contributed by atoms with Gasteiger partial charge in [0.2, 0.25) is 10.0 Å². The highest BCUT2D eigenvalue weighted by Crippen LogP contribution is 2.32. The number of benzene rings is 2. The third kappa shape index (κ3) is 7.95. The number of aromatic nitrogens is 3. The van der Waals surface area contributed by atoms with Crippen LogP contribution in [0.5, 0.6) is 5.75 Å². The number of hydrogen-bond donors (Lipinski definition) is 2. The van der Waals surface area contributed by atoms with Gasteiger partial charge in [-0.25, -0.2) is 22.2 Å². The Morgan fingerprint density at radius 1 is 1.11 bits per heavy atom. The summed E-state index contributed by atoms with van der Waals surface area (Å²) in [7, 11) is -4.35. The number of alkyl halides is 5. The molecule has 3 N–H and O–H groups in total. The van der Waals surface area contributed by atoms with Crippen LogP contribution in [-0.4, -0.2) is 70.8 Å². The molecular formula is C27H26F5N6O6S2-. The van der Waals surface area contributed by atoms with E-state index in [4.69, 9.17) is 5.73 Å². The van der Waals surface area contributed by atoms with Crippen molar-refractivity contribution in [3.8, 4) is 5.75 Å². The number of nitrogens with zero attached hydrogens (tertiary/aromatic N) is 4. The van der Waals surface area contributed by atoms with Crippen LogP contribution in [-0.2, 0) is 27.3 Å². The van der Waals surface area contributed by atoms with Gasteiger partial charge in [0.05, 0.1) is 11.2 Å². The van der Waals surface area contributed by atoms with Crippen molar-refractivity contribution in [3.63, 3.8) is 0 Å². The van der Waals surface area contributed by atoms with Gasteiger partial charge in [-0.15, -0.1) is 19.7 Å². The molecule has 0 spiro atoms. The van der Waals surface area contributed by atoms with Crippen LogP contribution in [0.15, 0.2) is 64.5 Å². The van der Waals surface area contributed by atoms with E-state index >= 15 is 0 Å². The number of anilines is 1. The van der Waals surface area contributed by atoms with Crippen LogP contribution in [0.3, 0.4) is 0 Å². The lowest BCUT2D eigenvalue weighted by Gasteiger charge is -2.38. The first-order chi connectivity index (χ1) is 21.6. The summed E-state index contributed by atoms with van der Waals surface area (Å²) in [4.78, 5) is 35.5. The zero-order valence-corrected chi connectivity index (χ0v) is 25.4. The van der Waals surface area contributed by atoms with E-state index in [1.165, 1.54) is 30.3 Å². The molecule has 1 aliphatic heterocycles. The van der Waals surface area contributed by atoms with Crippen LogP contribution >= 0.6 is 11.3 Å². The number of fused-ring (bicyclic) bond motifs is 1. The maximum Gasteiger partial charge on any atom is 0.573 e. The van der Waals surface area contributed by atoms with E-state index in [1.807, 2.05) is 0 Å². The standard InChI is InChI=1S/C17H14F3N5O6S2.C10H12F2N/c18-17(19,20)31-9-1-3-10(4-2-9)33(29,30)25-6-5-24(7-11(25)15(27)28)16-23-13-12(32-16)14(26)22-8-21-13;1-2-10(11,12)9-5-3-8(7-13)4-6-9/h1-4,8,11H,5-7H2,(H,27,28)(H,21,22,26);3-6,13H,2,7H2,1H3/q;-1/t11-;/m1./s1. The van der Waals surface area contributed by atoms with E-state index in [-0.39, 0.29) is 53.4 Å². The second-order valence-corrected chi connectivity index (χ2v) is 12.6. The molecule has 0 saturated carbocycles. The lowest BCUT2D eigenvalue weighted by molar-refractivity contribution is -0.274. The number of carboxylic acid groups (broad SMARTS) is 1. The summed E-state index contributed by atoms with van der Waals surface area (Å²) < 4.78 is 93.9. The van der Waals surface area contributed by atoms with Crippen molar-refractivity contribution in [1.82, 2.24) is 19.3 Å². The summed E-state index contributed by atoms with van der Waals surface area (Å²) in [6.07, 6.45) is -3.94. The first-order valence-electron chi connectivity index (χ1n) is 13.4. The maximum atomic E-state index is 13.1. The number of nitrogens with one attached hydrogen (secondary N) is 2. The average molecular weight is 690 g/mol. The van der Waals surface area contributed by atoms with Crippen LogP contribution in [0.25, 0.3) is 16.1 Å². The molecule has 46 heavy (non-hydrogen) atoms. The van der Waals surface area contributed by atoms with Gasteiger partial charge < -0.3 is 25.5 Å². The largest absolute Gasteiger partial charge is 0.674 e. The monoisotopic (exact) mass is 689 g/mol. The fourth-order valence-corrected chi connectivity index (χ4v) is 6.85. The summed E-state index contributed by atoms with van der Waals surface area (Å²) in [6, 6.07) is 7.92. The van der Waals surface area contributed by atoms with Gasteiger partial charge in [-0.2, -0.15) is 9.29 Å². The predicted molar refractivity (Wildman–Crippen MR) is 157 cm³/mol. The van der Waals surface area contributed by atoms with E-state index in [2.05, 4.69) is 19.7 Å². The maximum absolute atomic E-state index is 13.1. The second-order valence-electron chi connectivity index (χ2n) is 9.75. The number of sulfonamides is 1. The highest BCUT2D eigenvalue weighted by molar-refractivity contribution is 7.89. The Hall–Kier alpha value is -4.20. The number of ether oxygens (including phenoxy) is 1. The van der Waals surface area contributed by atoms with Gasteiger partial charge in [0.25, 0.3) is 11.5 Å². The molecule has 0 amide bonds. The Morgan fingerprint density at radius 2 is 1.76 bits per heavy atom. The van der Waals surface area contributed by atoms with Crippen molar-refractivity contribution in [2.45, 2.75) is 43.1 Å². The molecule has 0 bridgehead atoms. The lowest BCUT2D eigenvalue weighted by Crippen LogP contribution is -2.58. The summed E-state index contributed by atoms with van der Waals surface area (Å²) in [5, 5.41) is 9.99. The molecule has 0 aliphatic carbocycles. The molecule has 248 valence electrons. The number of aliphatic carboxylic acids is 1. The number of H-pyrrole nitrogens is 1. The second kappa shape index (κ2) is 13.7. The third-order valence-corrected chi connectivity index (χ3v) is 9.79. The average Bonchev–Trinajstić information content (AvgIpc) is 3.46. The molecule has 1 atom stereocenters. The molecule has 0 radical (unpaired) electrons. The Balaban J connectivity index is 0.000000310. The van der Waals surface area contributed by atoms with Crippen LogP contribution in [0, 0.1) is 0 Å². The van der Waals surface area contributed by atoms with Gasteiger partial charge in [-0.05, 0) is 24.3 Å². The molecule has 1 fully saturated rings. The smallest absolute Gasteiger partial charge is 0.573 e. The normalized spacial score (nSPS) is 16.2. The number of rotatable bonds is 8. The topological polar surface area (TPSA) is 170 Å². The molecule has 1 aliphatic rings. The fourth-order valence-electron chi connectivity index (χ4n) is 4.34. The van der Waals surface area contributed by atoms with Crippen LogP contribution in [0.2, 0.25) is 0 Å². The number of hydrogen-bond acceptors (Lipinski definition) is 9. The highest BCUT2D eigenvalue weighted by Gasteiger charge is 2.41. The van der Waals surface area contributed by atoms with E-state index < -0.39 is 45.6 Å². The third-order valence-electron chi connectivity index (χ3n) is 6.76. The molecule has 0 unspecified atom stereocenters. The Labute approximate surface area is 262 Å². The number of thiazole rings is 1. The molecular weight excluding hydrogens is 663 g/mol. The molecule has 2 aromatic carbocycles. The van der Waals surface area contributed by atoms with Crippen LogP contribution in [0.1, 0.15) is 24.5 Å². The number of halogens is 5. The molecule has 4 aromatic rings. The molecule has 2 aromatic heterocycles. The van der Waals surface area contributed by atoms with Gasteiger partial charge in [0, 0.05) is 31.6 Å². The summed E-state index contributed by atoms with van der Waals surface area (Å²) in [6.45, 7) is 1.16. The van der Waals surface area contributed by atoms with Crippen LogP contribution in [0.4, 0.5) is 27.1 Å². The van der Waals surface area contributed by atoms with Gasteiger partial charge in [-0.1, -0.05) is 48.1 Å². The molecule has 19 heteroatoms. The Morgan fingerprint density at radius 3 is 2.30 bits per heavy atom. The van der Waals surface area contributed by atoms with Crippen molar-refractivity contribution in [1.29, 1.82) is 0 Å². The van der Waals surface area contributed by atoms with Gasteiger partial charge in [-0.3, -0.25) is 9.59 Å². The zero-order valence-electron chi connectivity index (χ0n) is 23.8. The summed E-state index contributed by atoms with van der Waals surface area (Å²) in [5.74, 6) is -4.77. The minimum atomic E-state index is -4.94. The molecule has 12 nitrogen and oxygen atoms in total. The van der Waals surface area contributed by atoms with Crippen molar-refractivity contribution < 1.29 is 45.0 Å². The number of piperazine rings is 1. The first kappa shape index (κ1) is 34.7. The number of carboxylic acids is 1. The fraction of sp³-hybridized carbons (Fsp3) is 0.333. The van der Waals surface area contributed by atoms with E-state index in [9.17, 15) is 45.1 Å². The summed E-state index contributed by atoms with van der Waals surface area (Å²) >= 11 is 0.997. The Kier molecular flexibility index (Phi) is 10.3. The zero-order chi connectivity index (χ0) is 33.9. The lowest BCUT2D eigenvalue weighted by atomic mass is 10.0. The van der Waals surface area contributed by atoms with E-state index in [0.29, 0.717) is 5.13 Å². The quantitative estimate of drug-likeness (QED) is 0.242. The van der Waals surface area contributed by atoms with Crippen molar-refractivity contribution >= 4 is 42.8 Å². The van der Waals surface area contributed by atoms with Gasteiger partial charge >= 0.3 is 12.3 Å². The van der Waals surface area contributed by atoms with Crippen molar-refractivity contribution in [2.24, 2.45) is 0 Å². The predicted octanol–water partition coefficient (Wildman–Crippen LogP) is 4.98. The minimum absolute atomic E-state index is 0.0344. The highest BCUT2D eigenvalue weighted by atomic mass is 32.2. The van der Waals surface area contributed by atoms with Gasteiger partial charge in [0.1, 0.15) is 16.5 Å². The first-order valence-corrected chi connectivity index (χ1v) is 15.6. The van der Waals surface area contributed by atoms with Crippen molar-refractivity contribution in [3.05, 3.63) is 82.1 Å². The Bertz CT molecular complexity index is 1830. The molecule has 1 saturated heterocycles. The molecule has 3 heterocycles. The molecule has 5 rings (SSSR count). The van der Waals surface area contributed by atoms with Crippen LogP contribution < -0.4 is 15.2 Å². The SMILES string of the molecule is CCC(F)(F)c1ccc(C[NH-])cc1.O=C(O)[C@H]1CN(c2nc3nc[nH]c(=O)c3s2)CCN1S(=O)(=O)c1ccc(OC(F)(F)F)cc1.